The lowest BCUT2D eigenvalue weighted by molar-refractivity contribution is 0.0876. The van der Waals surface area contributed by atoms with E-state index in [1.54, 1.807) is 0 Å². The number of likely N-dealkylation sites (N-methyl/N-ethyl adjacent to an activating group) is 1. The van der Waals surface area contributed by atoms with Gasteiger partial charge in [0.15, 0.2) is 0 Å². The molecule has 3 unspecified atom stereocenters. The highest BCUT2D eigenvalue weighted by molar-refractivity contribution is 5.38. The summed E-state index contributed by atoms with van der Waals surface area (Å²) in [6, 6.07) is 6.83. The van der Waals surface area contributed by atoms with Crippen LogP contribution in [0.4, 0.5) is 0 Å². The molecule has 1 aliphatic carbocycles. The minimum absolute atomic E-state index is 0.309. The van der Waals surface area contributed by atoms with E-state index in [2.05, 4.69) is 51.3 Å². The van der Waals surface area contributed by atoms with Crippen molar-refractivity contribution < 1.29 is 4.74 Å². The first-order chi connectivity index (χ1) is 9.15. The molecule has 0 aromatic heterocycles. The van der Waals surface area contributed by atoms with Gasteiger partial charge in [0, 0.05) is 6.04 Å². The van der Waals surface area contributed by atoms with Gasteiger partial charge in [0.1, 0.15) is 11.9 Å². The van der Waals surface area contributed by atoms with E-state index in [0.717, 1.165) is 11.7 Å². The minimum atomic E-state index is 0.309. The number of rotatable bonds is 4. The van der Waals surface area contributed by atoms with Crippen molar-refractivity contribution in [2.24, 2.45) is 5.92 Å². The van der Waals surface area contributed by atoms with Crippen LogP contribution in [0.3, 0.4) is 0 Å². The van der Waals surface area contributed by atoms with Crippen LogP contribution in [0.15, 0.2) is 18.2 Å². The normalized spacial score (nSPS) is 27.3. The predicted octanol–water partition coefficient (Wildman–Crippen LogP) is 3.85. The third-order valence-electron chi connectivity index (χ3n) is 4.68. The SMILES string of the molecule is CCC1CCC(NC)C(Oc2cccc(C)c2C)C1. The van der Waals surface area contributed by atoms with Crippen LogP contribution < -0.4 is 10.1 Å². The van der Waals surface area contributed by atoms with Gasteiger partial charge in [0.05, 0.1) is 0 Å². The van der Waals surface area contributed by atoms with Crippen molar-refractivity contribution in [1.82, 2.24) is 5.32 Å². The molecule has 1 aromatic rings. The minimum Gasteiger partial charge on any atom is -0.489 e. The average molecular weight is 261 g/mol. The number of hydrogen-bond acceptors (Lipinski definition) is 2. The molecule has 2 nitrogen and oxygen atoms in total. The van der Waals surface area contributed by atoms with Crippen molar-refractivity contribution in [2.45, 2.75) is 58.6 Å². The second-order valence-electron chi connectivity index (χ2n) is 5.84. The van der Waals surface area contributed by atoms with Crippen molar-refractivity contribution in [1.29, 1.82) is 0 Å². The Morgan fingerprint density at radius 3 is 2.74 bits per heavy atom. The Balaban J connectivity index is 2.12. The maximum atomic E-state index is 6.34. The molecule has 1 aromatic carbocycles. The summed E-state index contributed by atoms with van der Waals surface area (Å²) in [5, 5.41) is 3.43. The number of hydrogen-bond donors (Lipinski definition) is 1. The molecule has 0 amide bonds. The molecule has 2 heteroatoms. The molecule has 2 rings (SSSR count). The van der Waals surface area contributed by atoms with E-state index in [0.29, 0.717) is 12.1 Å². The van der Waals surface area contributed by atoms with Crippen molar-refractivity contribution in [3.8, 4) is 5.75 Å². The zero-order valence-electron chi connectivity index (χ0n) is 12.7. The van der Waals surface area contributed by atoms with Crippen molar-refractivity contribution in [3.05, 3.63) is 29.3 Å². The lowest BCUT2D eigenvalue weighted by atomic mass is 9.82. The lowest BCUT2D eigenvalue weighted by Crippen LogP contribution is -2.45. The van der Waals surface area contributed by atoms with Gasteiger partial charge in [-0.2, -0.15) is 0 Å². The smallest absolute Gasteiger partial charge is 0.122 e. The molecule has 1 N–H and O–H groups in total. The summed E-state index contributed by atoms with van der Waals surface area (Å²) in [5.74, 6) is 1.88. The maximum Gasteiger partial charge on any atom is 0.122 e. The first kappa shape index (κ1) is 14.4. The van der Waals surface area contributed by atoms with E-state index < -0.39 is 0 Å². The molecular formula is C17H27NO. The van der Waals surface area contributed by atoms with Gasteiger partial charge >= 0.3 is 0 Å². The van der Waals surface area contributed by atoms with E-state index in [1.807, 2.05) is 0 Å². The van der Waals surface area contributed by atoms with Crippen molar-refractivity contribution >= 4 is 0 Å². The summed E-state index contributed by atoms with van der Waals surface area (Å²) in [4.78, 5) is 0. The van der Waals surface area contributed by atoms with E-state index >= 15 is 0 Å². The highest BCUT2D eigenvalue weighted by atomic mass is 16.5. The highest BCUT2D eigenvalue weighted by Crippen LogP contribution is 2.31. The molecule has 106 valence electrons. The highest BCUT2D eigenvalue weighted by Gasteiger charge is 2.30. The molecule has 0 aliphatic heterocycles. The molecule has 19 heavy (non-hydrogen) atoms. The fraction of sp³-hybridized carbons (Fsp3) is 0.647. The number of ether oxygens (including phenoxy) is 1. The van der Waals surface area contributed by atoms with Crippen LogP contribution in [0.5, 0.6) is 5.75 Å². The molecule has 0 spiro atoms. The fourth-order valence-electron chi connectivity index (χ4n) is 3.06. The Morgan fingerprint density at radius 1 is 1.26 bits per heavy atom. The Morgan fingerprint density at radius 2 is 2.05 bits per heavy atom. The monoisotopic (exact) mass is 261 g/mol. The first-order valence-electron chi connectivity index (χ1n) is 7.55. The van der Waals surface area contributed by atoms with Crippen molar-refractivity contribution in [2.75, 3.05) is 7.05 Å². The second-order valence-corrected chi connectivity index (χ2v) is 5.84. The average Bonchev–Trinajstić information content (AvgIpc) is 2.43. The van der Waals surface area contributed by atoms with Gasteiger partial charge in [-0.25, -0.2) is 0 Å². The molecule has 0 radical (unpaired) electrons. The van der Waals surface area contributed by atoms with E-state index in [-0.39, 0.29) is 0 Å². The summed E-state index contributed by atoms with van der Waals surface area (Å²) in [6.07, 6.45) is 5.31. The topological polar surface area (TPSA) is 21.3 Å². The molecule has 1 aliphatic rings. The zero-order chi connectivity index (χ0) is 13.8. The summed E-state index contributed by atoms with van der Waals surface area (Å²) in [6.45, 7) is 6.59. The Hall–Kier alpha value is -1.02. The van der Waals surface area contributed by atoms with Crippen LogP contribution in [0.2, 0.25) is 0 Å². The maximum absolute atomic E-state index is 6.34. The Bertz CT molecular complexity index is 416. The van der Waals surface area contributed by atoms with Gasteiger partial charge in [0.2, 0.25) is 0 Å². The van der Waals surface area contributed by atoms with Crippen molar-refractivity contribution in [3.63, 3.8) is 0 Å². The summed E-state index contributed by atoms with van der Waals surface area (Å²) < 4.78 is 6.34. The molecule has 0 bridgehead atoms. The van der Waals surface area contributed by atoms with Gasteiger partial charge in [-0.3, -0.25) is 0 Å². The third kappa shape index (κ3) is 3.30. The van der Waals surface area contributed by atoms with E-state index in [9.17, 15) is 0 Å². The Labute approximate surface area is 117 Å². The van der Waals surface area contributed by atoms with E-state index in [4.69, 9.17) is 4.74 Å². The number of benzene rings is 1. The molecule has 3 atom stereocenters. The molecule has 1 fully saturated rings. The first-order valence-corrected chi connectivity index (χ1v) is 7.55. The van der Waals surface area contributed by atoms with Crippen LogP contribution >= 0.6 is 0 Å². The summed E-state index contributed by atoms with van der Waals surface area (Å²) in [5.41, 5.74) is 2.58. The van der Waals surface area contributed by atoms with Crippen LogP contribution in [-0.4, -0.2) is 19.2 Å². The third-order valence-corrected chi connectivity index (χ3v) is 4.68. The van der Waals surface area contributed by atoms with Gasteiger partial charge in [-0.1, -0.05) is 25.5 Å². The van der Waals surface area contributed by atoms with Crippen LogP contribution in [0, 0.1) is 19.8 Å². The number of nitrogens with one attached hydrogen (secondary N) is 1. The molecule has 0 saturated heterocycles. The number of aryl methyl sites for hydroxylation is 1. The van der Waals surface area contributed by atoms with Crippen LogP contribution in [-0.2, 0) is 0 Å². The van der Waals surface area contributed by atoms with E-state index in [1.165, 1.54) is 36.8 Å². The van der Waals surface area contributed by atoms with Crippen LogP contribution in [0.25, 0.3) is 0 Å². The fourth-order valence-corrected chi connectivity index (χ4v) is 3.06. The van der Waals surface area contributed by atoms with Gasteiger partial charge in [-0.05, 0) is 63.3 Å². The predicted molar refractivity (Wildman–Crippen MR) is 80.8 cm³/mol. The zero-order valence-corrected chi connectivity index (χ0v) is 12.7. The Kier molecular flexibility index (Phi) is 4.87. The summed E-state index contributed by atoms with van der Waals surface area (Å²) in [7, 11) is 2.05. The lowest BCUT2D eigenvalue weighted by Gasteiger charge is -2.36. The van der Waals surface area contributed by atoms with Gasteiger partial charge in [0.25, 0.3) is 0 Å². The molecular weight excluding hydrogens is 234 g/mol. The van der Waals surface area contributed by atoms with Crippen LogP contribution in [0.1, 0.15) is 43.7 Å². The van der Waals surface area contributed by atoms with Gasteiger partial charge in [-0.15, -0.1) is 0 Å². The molecule has 0 heterocycles. The largest absolute Gasteiger partial charge is 0.489 e. The standard InChI is InChI=1S/C17H27NO/c1-5-14-9-10-15(18-4)17(11-14)19-16-8-6-7-12(2)13(16)3/h6-8,14-15,17-18H,5,9-11H2,1-4H3. The second kappa shape index (κ2) is 6.42. The molecule has 1 saturated carbocycles. The quantitative estimate of drug-likeness (QED) is 0.889. The summed E-state index contributed by atoms with van der Waals surface area (Å²) >= 11 is 0. The van der Waals surface area contributed by atoms with Gasteiger partial charge < -0.3 is 10.1 Å².